The van der Waals surface area contributed by atoms with Gasteiger partial charge in [-0.1, -0.05) is 51.0 Å². The summed E-state index contributed by atoms with van der Waals surface area (Å²) in [5, 5.41) is 0.262. The van der Waals surface area contributed by atoms with Crippen LogP contribution in [0.4, 0.5) is 5.69 Å². The number of anilines is 1. The minimum atomic E-state index is -4.07. The number of rotatable bonds is 12. The average molecular weight is 571 g/mol. The summed E-state index contributed by atoms with van der Waals surface area (Å²) in [7, 11) is -4.07. The smallest absolute Gasteiger partial charge is 0.265 e. The number of benzene rings is 1. The minimum Gasteiger partial charge on any atom is -0.439 e. The molecule has 201 valence electrons. The SMILES string of the molecule is CCCCN1C(=O)C(=CC=CC=C2Oc3ccccc3N2CCCS(=O)(=O)O)C(=O)N(CCCC)C1=S.[Na]. The molecule has 1 saturated heterocycles. The largest absolute Gasteiger partial charge is 0.439 e. The second-order valence-corrected chi connectivity index (χ2v) is 10.7. The number of hydrogen-bond donors (Lipinski definition) is 1. The zero-order valence-electron chi connectivity index (χ0n) is 22.1. The summed E-state index contributed by atoms with van der Waals surface area (Å²) in [6, 6.07) is 7.33. The molecule has 38 heavy (non-hydrogen) atoms. The van der Waals surface area contributed by atoms with Gasteiger partial charge < -0.3 is 9.64 Å². The van der Waals surface area contributed by atoms with Crippen molar-refractivity contribution in [3.8, 4) is 5.75 Å². The van der Waals surface area contributed by atoms with E-state index >= 15 is 0 Å². The van der Waals surface area contributed by atoms with Crippen molar-refractivity contribution in [1.82, 2.24) is 9.80 Å². The van der Waals surface area contributed by atoms with E-state index in [0.717, 1.165) is 31.4 Å². The first-order valence-electron chi connectivity index (χ1n) is 12.4. The molecule has 2 aliphatic rings. The number of nitrogens with zero attached hydrogens (tertiary/aromatic N) is 3. The van der Waals surface area contributed by atoms with E-state index in [9.17, 15) is 18.0 Å². The number of para-hydroxylation sites is 2. The maximum atomic E-state index is 13.1. The second-order valence-electron chi connectivity index (χ2n) is 8.73. The first kappa shape index (κ1) is 32.2. The van der Waals surface area contributed by atoms with Crippen molar-refractivity contribution in [3.05, 3.63) is 60.0 Å². The summed E-state index contributed by atoms with van der Waals surface area (Å²) in [5.74, 6) is -0.0788. The molecule has 1 fully saturated rings. The number of carbonyl (C=O) groups excluding carboxylic acids is 2. The van der Waals surface area contributed by atoms with Crippen LogP contribution in [0.3, 0.4) is 0 Å². The number of carbonyl (C=O) groups is 2. The normalized spacial score (nSPS) is 16.8. The van der Waals surface area contributed by atoms with E-state index in [4.69, 9.17) is 21.5 Å². The molecule has 9 nitrogen and oxygen atoms in total. The molecule has 0 aromatic heterocycles. The molecule has 2 heterocycles. The number of unbranched alkanes of at least 4 members (excludes halogenated alkanes) is 2. The van der Waals surface area contributed by atoms with Crippen molar-refractivity contribution in [2.24, 2.45) is 0 Å². The number of ether oxygens (including phenoxy) is 1. The molecule has 2 aliphatic heterocycles. The van der Waals surface area contributed by atoms with Crippen LogP contribution in [-0.4, -0.2) is 94.6 Å². The van der Waals surface area contributed by atoms with E-state index in [2.05, 4.69) is 0 Å². The fourth-order valence-electron chi connectivity index (χ4n) is 3.97. The summed E-state index contributed by atoms with van der Waals surface area (Å²) >= 11 is 5.48. The van der Waals surface area contributed by atoms with E-state index in [1.807, 2.05) is 36.9 Å². The molecule has 12 heteroatoms. The molecule has 0 aliphatic carbocycles. The van der Waals surface area contributed by atoms with Crippen LogP contribution in [0.25, 0.3) is 0 Å². The first-order chi connectivity index (χ1) is 17.7. The Hall–Kier alpha value is -2.02. The Morgan fingerprint density at radius 2 is 1.45 bits per heavy atom. The van der Waals surface area contributed by atoms with Crippen LogP contribution >= 0.6 is 12.2 Å². The molecule has 1 radical (unpaired) electrons. The van der Waals surface area contributed by atoms with Gasteiger partial charge in [-0.2, -0.15) is 8.42 Å². The van der Waals surface area contributed by atoms with Crippen LogP contribution < -0.4 is 9.64 Å². The minimum absolute atomic E-state index is 0. The van der Waals surface area contributed by atoms with Gasteiger partial charge in [0.2, 0.25) is 5.88 Å². The maximum Gasteiger partial charge on any atom is 0.265 e. The van der Waals surface area contributed by atoms with Gasteiger partial charge in [0, 0.05) is 49.2 Å². The van der Waals surface area contributed by atoms with Gasteiger partial charge in [-0.3, -0.25) is 23.9 Å². The number of amides is 2. The number of thiocarbonyl (C=S) groups is 1. The van der Waals surface area contributed by atoms with Gasteiger partial charge in [-0.25, -0.2) is 0 Å². The van der Waals surface area contributed by atoms with Crippen molar-refractivity contribution in [2.45, 2.75) is 46.0 Å². The molecule has 0 spiro atoms. The zero-order valence-corrected chi connectivity index (χ0v) is 25.8. The van der Waals surface area contributed by atoms with Gasteiger partial charge >= 0.3 is 0 Å². The summed E-state index contributed by atoms with van der Waals surface area (Å²) < 4.78 is 37.2. The third-order valence-electron chi connectivity index (χ3n) is 5.92. The first-order valence-corrected chi connectivity index (χ1v) is 14.5. The van der Waals surface area contributed by atoms with Gasteiger partial charge in [0.25, 0.3) is 21.9 Å². The van der Waals surface area contributed by atoms with Gasteiger partial charge in [0.05, 0.1) is 11.4 Å². The fraction of sp³-hybridized carbons (Fsp3) is 0.423. The second kappa shape index (κ2) is 14.9. The molecule has 0 atom stereocenters. The quantitative estimate of drug-likeness (QED) is 0.133. The van der Waals surface area contributed by atoms with Crippen LogP contribution in [0, 0.1) is 0 Å². The third-order valence-corrected chi connectivity index (χ3v) is 7.16. The third kappa shape index (κ3) is 8.24. The van der Waals surface area contributed by atoms with Crippen molar-refractivity contribution >= 4 is 74.5 Å². The van der Waals surface area contributed by atoms with E-state index in [1.54, 1.807) is 24.3 Å². The van der Waals surface area contributed by atoms with Gasteiger partial charge in [0.15, 0.2) is 10.9 Å². The van der Waals surface area contributed by atoms with Crippen LogP contribution in [0.1, 0.15) is 46.0 Å². The summed E-state index contributed by atoms with van der Waals surface area (Å²) in [6.07, 6.45) is 9.98. The predicted octanol–water partition coefficient (Wildman–Crippen LogP) is 3.66. The predicted molar refractivity (Wildman–Crippen MR) is 152 cm³/mol. The number of fused-ring (bicyclic) bond motifs is 1. The standard InChI is InChI=1S/C26H33N3O6S2.Na/c1-3-5-16-28-24(30)20(25(31)29(26(28)36)17-6-4-2)12-7-10-15-23-27(18-11-19-37(32,33)34)21-13-8-9-14-22(21)35-23;/h7-10,12-15H,3-6,11,16-19H2,1-2H3,(H,32,33,34);. The van der Waals surface area contributed by atoms with E-state index in [-0.39, 0.29) is 52.4 Å². The Morgan fingerprint density at radius 3 is 2.03 bits per heavy atom. The maximum absolute atomic E-state index is 13.1. The number of allylic oxidation sites excluding steroid dienone is 4. The average Bonchev–Trinajstić information content (AvgIpc) is 3.20. The summed E-state index contributed by atoms with van der Waals surface area (Å²) in [4.78, 5) is 31.0. The number of hydrogen-bond acceptors (Lipinski definition) is 7. The monoisotopic (exact) mass is 570 g/mol. The Balaban J connectivity index is 0.00000507. The van der Waals surface area contributed by atoms with Gasteiger partial charge in [0.1, 0.15) is 5.57 Å². The van der Waals surface area contributed by atoms with Crippen LogP contribution in [0.2, 0.25) is 0 Å². The molecule has 0 bridgehead atoms. The Bertz CT molecular complexity index is 1200. The fourth-order valence-corrected chi connectivity index (χ4v) is 4.82. The molecular weight excluding hydrogens is 537 g/mol. The Kier molecular flexibility index (Phi) is 12.7. The molecule has 3 rings (SSSR count). The molecule has 2 amide bonds. The summed E-state index contributed by atoms with van der Waals surface area (Å²) in [6.45, 7) is 5.28. The van der Waals surface area contributed by atoms with E-state index in [1.165, 1.54) is 15.9 Å². The molecule has 0 unspecified atom stereocenters. The van der Waals surface area contributed by atoms with Crippen molar-refractivity contribution in [3.63, 3.8) is 0 Å². The zero-order chi connectivity index (χ0) is 27.0. The van der Waals surface area contributed by atoms with Gasteiger partial charge in [-0.15, -0.1) is 0 Å². The molecule has 1 aromatic rings. The van der Waals surface area contributed by atoms with Crippen molar-refractivity contribution in [2.75, 3.05) is 30.3 Å². The molecular formula is C26H33N3NaO6S2. The van der Waals surface area contributed by atoms with Crippen LogP contribution in [-0.2, 0) is 19.7 Å². The molecule has 0 saturated carbocycles. The Morgan fingerprint density at radius 1 is 0.895 bits per heavy atom. The van der Waals surface area contributed by atoms with Crippen molar-refractivity contribution < 1.29 is 27.3 Å². The van der Waals surface area contributed by atoms with E-state index in [0.29, 0.717) is 31.3 Å². The van der Waals surface area contributed by atoms with Gasteiger partial charge in [-0.05, 0) is 55.8 Å². The van der Waals surface area contributed by atoms with E-state index < -0.39 is 21.9 Å². The Labute approximate surface area is 252 Å². The topological polar surface area (TPSA) is 107 Å². The van der Waals surface area contributed by atoms with Crippen LogP contribution in [0.5, 0.6) is 5.75 Å². The summed E-state index contributed by atoms with van der Waals surface area (Å²) in [5.41, 5.74) is 0.830. The molecule has 1 aromatic carbocycles. The molecule has 1 N–H and O–H groups in total. The van der Waals surface area contributed by atoms with Crippen molar-refractivity contribution in [1.29, 1.82) is 0 Å². The van der Waals surface area contributed by atoms with Crippen LogP contribution in [0.15, 0.2) is 60.0 Å².